The molecule has 0 saturated heterocycles. The van der Waals surface area contributed by atoms with E-state index in [4.69, 9.17) is 0 Å². The molecule has 0 bridgehead atoms. The average molecular weight is 249 g/mol. The van der Waals surface area contributed by atoms with E-state index >= 15 is 0 Å². The van der Waals surface area contributed by atoms with Crippen LogP contribution < -0.4 is 4.74 Å². The van der Waals surface area contributed by atoms with E-state index in [1.165, 1.54) is 12.1 Å². The summed E-state index contributed by atoms with van der Waals surface area (Å²) in [6.07, 6.45) is 1.56. The van der Waals surface area contributed by atoms with Gasteiger partial charge in [0.2, 0.25) is 0 Å². The SMILES string of the molecule is C=Cc1cc(Br)cc(OC(F)F)c1. The van der Waals surface area contributed by atoms with Gasteiger partial charge in [-0.3, -0.25) is 0 Å². The molecule has 4 heteroatoms. The van der Waals surface area contributed by atoms with Gasteiger partial charge in [0.05, 0.1) is 0 Å². The van der Waals surface area contributed by atoms with Gasteiger partial charge in [0, 0.05) is 4.47 Å². The number of alkyl halides is 2. The predicted octanol–water partition coefficient (Wildman–Crippen LogP) is 3.69. The maximum Gasteiger partial charge on any atom is 0.387 e. The third-order valence-electron chi connectivity index (χ3n) is 1.35. The summed E-state index contributed by atoms with van der Waals surface area (Å²) < 4.78 is 28.6. The van der Waals surface area contributed by atoms with Crippen molar-refractivity contribution >= 4 is 22.0 Å². The summed E-state index contributed by atoms with van der Waals surface area (Å²) in [6, 6.07) is 4.72. The van der Waals surface area contributed by atoms with E-state index in [2.05, 4.69) is 27.2 Å². The number of hydrogen-bond donors (Lipinski definition) is 0. The Bertz CT molecular complexity index is 312. The van der Waals surface area contributed by atoms with Gasteiger partial charge in [-0.25, -0.2) is 0 Å². The minimum atomic E-state index is -2.80. The molecular formula is C9H7BrF2O. The minimum absolute atomic E-state index is 0.124. The number of halogens is 3. The molecular weight excluding hydrogens is 242 g/mol. The molecule has 1 aromatic carbocycles. The second-order valence-electron chi connectivity index (χ2n) is 2.30. The van der Waals surface area contributed by atoms with Crippen LogP contribution in [0.25, 0.3) is 6.08 Å². The van der Waals surface area contributed by atoms with Crippen molar-refractivity contribution in [1.29, 1.82) is 0 Å². The Morgan fingerprint density at radius 3 is 2.62 bits per heavy atom. The molecule has 0 atom stereocenters. The highest BCUT2D eigenvalue weighted by Gasteiger charge is 2.05. The topological polar surface area (TPSA) is 9.23 Å². The Balaban J connectivity index is 2.94. The lowest BCUT2D eigenvalue weighted by Gasteiger charge is -2.05. The van der Waals surface area contributed by atoms with Crippen LogP contribution in [0.15, 0.2) is 29.3 Å². The van der Waals surface area contributed by atoms with Gasteiger partial charge in [-0.1, -0.05) is 28.6 Å². The van der Waals surface area contributed by atoms with E-state index in [0.29, 0.717) is 4.47 Å². The van der Waals surface area contributed by atoms with E-state index in [9.17, 15) is 8.78 Å². The standard InChI is InChI=1S/C9H7BrF2O/c1-2-6-3-7(10)5-8(4-6)13-9(11)12/h2-5,9H,1H2. The summed E-state index contributed by atoms with van der Waals surface area (Å²) in [5.74, 6) is 0.124. The monoisotopic (exact) mass is 248 g/mol. The zero-order valence-corrected chi connectivity index (χ0v) is 8.22. The lowest BCUT2D eigenvalue weighted by molar-refractivity contribution is -0.0498. The van der Waals surface area contributed by atoms with Crippen LogP contribution >= 0.6 is 15.9 Å². The number of ether oxygens (including phenoxy) is 1. The summed E-state index contributed by atoms with van der Waals surface area (Å²) in [4.78, 5) is 0. The third kappa shape index (κ3) is 3.14. The summed E-state index contributed by atoms with van der Waals surface area (Å²) in [5, 5.41) is 0. The summed E-state index contributed by atoms with van der Waals surface area (Å²) >= 11 is 3.17. The lowest BCUT2D eigenvalue weighted by Crippen LogP contribution is -2.01. The minimum Gasteiger partial charge on any atom is -0.435 e. The first-order valence-electron chi connectivity index (χ1n) is 3.49. The third-order valence-corrected chi connectivity index (χ3v) is 1.81. The fourth-order valence-corrected chi connectivity index (χ4v) is 1.36. The molecule has 0 saturated carbocycles. The molecule has 0 heterocycles. The maximum atomic E-state index is 11.8. The van der Waals surface area contributed by atoms with Crippen molar-refractivity contribution in [2.75, 3.05) is 0 Å². The van der Waals surface area contributed by atoms with Crippen LogP contribution in [0.1, 0.15) is 5.56 Å². The van der Waals surface area contributed by atoms with Gasteiger partial charge in [-0.2, -0.15) is 8.78 Å². The van der Waals surface area contributed by atoms with Gasteiger partial charge in [0.15, 0.2) is 0 Å². The summed E-state index contributed by atoms with van der Waals surface area (Å²) in [5.41, 5.74) is 0.727. The molecule has 1 nitrogen and oxygen atoms in total. The molecule has 0 aliphatic carbocycles. The highest BCUT2D eigenvalue weighted by molar-refractivity contribution is 9.10. The molecule has 0 spiro atoms. The quantitative estimate of drug-likeness (QED) is 0.793. The molecule has 0 amide bonds. The number of benzene rings is 1. The molecule has 1 rings (SSSR count). The lowest BCUT2D eigenvalue weighted by atomic mass is 10.2. The predicted molar refractivity (Wildman–Crippen MR) is 50.9 cm³/mol. The molecule has 0 N–H and O–H groups in total. The number of hydrogen-bond acceptors (Lipinski definition) is 1. The highest BCUT2D eigenvalue weighted by Crippen LogP contribution is 2.23. The Labute approximate surface area is 83.1 Å². The van der Waals surface area contributed by atoms with Crippen molar-refractivity contribution in [2.45, 2.75) is 6.61 Å². The Morgan fingerprint density at radius 1 is 1.38 bits per heavy atom. The van der Waals surface area contributed by atoms with Crippen LogP contribution in [0, 0.1) is 0 Å². The molecule has 70 valence electrons. The molecule has 0 radical (unpaired) electrons. The fraction of sp³-hybridized carbons (Fsp3) is 0.111. The van der Waals surface area contributed by atoms with Gasteiger partial charge in [0.25, 0.3) is 0 Å². The van der Waals surface area contributed by atoms with Gasteiger partial charge in [-0.15, -0.1) is 0 Å². The van der Waals surface area contributed by atoms with Crippen molar-refractivity contribution < 1.29 is 13.5 Å². The van der Waals surface area contributed by atoms with Gasteiger partial charge in [-0.05, 0) is 23.8 Å². The molecule has 0 unspecified atom stereocenters. The Morgan fingerprint density at radius 2 is 2.08 bits per heavy atom. The zero-order valence-electron chi connectivity index (χ0n) is 6.64. The summed E-state index contributed by atoms with van der Waals surface area (Å²) in [7, 11) is 0. The Hall–Kier alpha value is -0.900. The van der Waals surface area contributed by atoms with E-state index in [0.717, 1.165) is 5.56 Å². The first-order chi connectivity index (χ1) is 6.11. The molecule has 0 aromatic heterocycles. The fourth-order valence-electron chi connectivity index (χ4n) is 0.873. The average Bonchev–Trinajstić information content (AvgIpc) is 2.01. The van der Waals surface area contributed by atoms with Crippen LogP contribution in [-0.4, -0.2) is 6.61 Å². The second-order valence-corrected chi connectivity index (χ2v) is 3.22. The smallest absolute Gasteiger partial charge is 0.387 e. The van der Waals surface area contributed by atoms with Crippen LogP contribution in [0.3, 0.4) is 0 Å². The molecule has 1 aromatic rings. The van der Waals surface area contributed by atoms with Crippen molar-refractivity contribution in [1.82, 2.24) is 0 Å². The summed E-state index contributed by atoms with van der Waals surface area (Å²) in [6.45, 7) is 0.729. The van der Waals surface area contributed by atoms with E-state index in [-0.39, 0.29) is 5.75 Å². The van der Waals surface area contributed by atoms with E-state index < -0.39 is 6.61 Å². The highest BCUT2D eigenvalue weighted by atomic mass is 79.9. The van der Waals surface area contributed by atoms with Crippen molar-refractivity contribution in [3.63, 3.8) is 0 Å². The van der Waals surface area contributed by atoms with Gasteiger partial charge in [0.1, 0.15) is 5.75 Å². The largest absolute Gasteiger partial charge is 0.435 e. The zero-order chi connectivity index (χ0) is 9.84. The van der Waals surface area contributed by atoms with E-state index in [1.807, 2.05) is 0 Å². The van der Waals surface area contributed by atoms with Crippen molar-refractivity contribution in [3.8, 4) is 5.75 Å². The molecule has 0 aliphatic rings. The maximum absolute atomic E-state index is 11.8. The van der Waals surface area contributed by atoms with E-state index in [1.54, 1.807) is 12.1 Å². The number of rotatable bonds is 3. The first-order valence-corrected chi connectivity index (χ1v) is 4.29. The van der Waals surface area contributed by atoms with Gasteiger partial charge < -0.3 is 4.74 Å². The Kier molecular flexibility index (Phi) is 3.42. The van der Waals surface area contributed by atoms with Crippen LogP contribution in [0.5, 0.6) is 5.75 Å². The molecule has 0 fully saturated rings. The first kappa shape index (κ1) is 10.2. The normalized spacial score (nSPS) is 10.2. The molecule has 13 heavy (non-hydrogen) atoms. The van der Waals surface area contributed by atoms with Crippen LogP contribution in [0.4, 0.5) is 8.78 Å². The van der Waals surface area contributed by atoms with Crippen molar-refractivity contribution in [2.24, 2.45) is 0 Å². The van der Waals surface area contributed by atoms with Crippen LogP contribution in [0.2, 0.25) is 0 Å². The van der Waals surface area contributed by atoms with Gasteiger partial charge >= 0.3 is 6.61 Å². The van der Waals surface area contributed by atoms with Crippen LogP contribution in [-0.2, 0) is 0 Å². The van der Waals surface area contributed by atoms with Crippen molar-refractivity contribution in [3.05, 3.63) is 34.8 Å². The second kappa shape index (κ2) is 4.37. The molecule has 0 aliphatic heterocycles.